The standard InChI is InChI=1S/C24H33N/c1-2-20-25-23(18-16-21-10-5-3-6-11-21)14-9-15-24(25)19-17-22-12-7-4-8-13-22/h3-8,10-13,23-24H,2,9,14-20H2,1H3/t23-,24+. The van der Waals surface area contributed by atoms with Crippen molar-refractivity contribution in [3.05, 3.63) is 71.8 Å². The van der Waals surface area contributed by atoms with Crippen LogP contribution in [0, 0.1) is 0 Å². The third kappa shape index (κ3) is 5.44. The molecule has 1 nitrogen and oxygen atoms in total. The highest BCUT2D eigenvalue weighted by Crippen LogP contribution is 2.29. The van der Waals surface area contributed by atoms with Crippen molar-refractivity contribution in [2.24, 2.45) is 0 Å². The molecule has 1 fully saturated rings. The molecule has 0 spiro atoms. The predicted molar refractivity (Wildman–Crippen MR) is 108 cm³/mol. The number of likely N-dealkylation sites (tertiary alicyclic amines) is 1. The highest BCUT2D eigenvalue weighted by molar-refractivity contribution is 5.16. The van der Waals surface area contributed by atoms with Crippen molar-refractivity contribution in [2.45, 2.75) is 70.4 Å². The first-order valence-corrected chi connectivity index (χ1v) is 10.2. The van der Waals surface area contributed by atoms with Gasteiger partial charge in [0.15, 0.2) is 0 Å². The molecular formula is C24H33N. The molecule has 0 aromatic heterocycles. The minimum atomic E-state index is 0.773. The first-order chi connectivity index (χ1) is 12.4. The van der Waals surface area contributed by atoms with E-state index >= 15 is 0 Å². The summed E-state index contributed by atoms with van der Waals surface area (Å²) in [6, 6.07) is 23.6. The van der Waals surface area contributed by atoms with Gasteiger partial charge in [0.2, 0.25) is 0 Å². The first kappa shape index (κ1) is 18.2. The van der Waals surface area contributed by atoms with Crippen LogP contribution in [0.5, 0.6) is 0 Å². The zero-order valence-corrected chi connectivity index (χ0v) is 15.7. The zero-order chi connectivity index (χ0) is 17.3. The zero-order valence-electron chi connectivity index (χ0n) is 15.7. The van der Waals surface area contributed by atoms with Gasteiger partial charge in [-0.15, -0.1) is 0 Å². The maximum atomic E-state index is 2.86. The molecule has 25 heavy (non-hydrogen) atoms. The normalized spacial score (nSPS) is 21.3. The number of hydrogen-bond acceptors (Lipinski definition) is 1. The van der Waals surface area contributed by atoms with Gasteiger partial charge >= 0.3 is 0 Å². The molecule has 0 amide bonds. The Labute approximate surface area is 154 Å². The van der Waals surface area contributed by atoms with E-state index in [1.54, 1.807) is 0 Å². The lowest BCUT2D eigenvalue weighted by Crippen LogP contribution is -2.47. The lowest BCUT2D eigenvalue weighted by atomic mass is 9.88. The second kappa shape index (κ2) is 9.77. The molecule has 1 heterocycles. The number of hydrogen-bond donors (Lipinski definition) is 0. The number of benzene rings is 2. The number of piperidine rings is 1. The molecule has 0 radical (unpaired) electrons. The van der Waals surface area contributed by atoms with E-state index < -0.39 is 0 Å². The van der Waals surface area contributed by atoms with Crippen LogP contribution in [0.25, 0.3) is 0 Å². The molecule has 0 saturated carbocycles. The molecule has 1 heteroatoms. The Kier molecular flexibility index (Phi) is 7.11. The highest BCUT2D eigenvalue weighted by Gasteiger charge is 2.29. The quantitative estimate of drug-likeness (QED) is 0.582. The summed E-state index contributed by atoms with van der Waals surface area (Å²) >= 11 is 0. The summed E-state index contributed by atoms with van der Waals surface area (Å²) in [5.74, 6) is 0. The van der Waals surface area contributed by atoms with Crippen LogP contribution in [-0.4, -0.2) is 23.5 Å². The first-order valence-electron chi connectivity index (χ1n) is 10.2. The van der Waals surface area contributed by atoms with Crippen LogP contribution in [0.1, 0.15) is 56.6 Å². The Morgan fingerprint density at radius 1 is 0.760 bits per heavy atom. The van der Waals surface area contributed by atoms with E-state index in [0.29, 0.717) is 0 Å². The van der Waals surface area contributed by atoms with Crippen LogP contribution in [0.4, 0.5) is 0 Å². The van der Waals surface area contributed by atoms with Gasteiger partial charge in [0.25, 0.3) is 0 Å². The SMILES string of the molecule is CCCN1[C@@H](CCc2ccccc2)CCC[C@H]1CCc1ccccc1. The average Bonchev–Trinajstić information content (AvgIpc) is 2.68. The van der Waals surface area contributed by atoms with Gasteiger partial charge in [0.1, 0.15) is 0 Å². The van der Waals surface area contributed by atoms with E-state index in [1.807, 2.05) is 0 Å². The fourth-order valence-electron chi connectivity index (χ4n) is 4.42. The van der Waals surface area contributed by atoms with E-state index in [4.69, 9.17) is 0 Å². The fourth-order valence-corrected chi connectivity index (χ4v) is 4.42. The minimum Gasteiger partial charge on any atom is -0.297 e. The van der Waals surface area contributed by atoms with Gasteiger partial charge in [-0.3, -0.25) is 4.90 Å². The molecular weight excluding hydrogens is 302 g/mol. The van der Waals surface area contributed by atoms with Gasteiger partial charge in [-0.25, -0.2) is 0 Å². The maximum Gasteiger partial charge on any atom is 0.0101 e. The van der Waals surface area contributed by atoms with Crippen molar-refractivity contribution in [2.75, 3.05) is 6.54 Å². The van der Waals surface area contributed by atoms with Gasteiger partial charge in [-0.05, 0) is 62.6 Å². The van der Waals surface area contributed by atoms with Gasteiger partial charge in [-0.2, -0.15) is 0 Å². The van der Waals surface area contributed by atoms with Crippen molar-refractivity contribution in [1.82, 2.24) is 4.90 Å². The molecule has 2 aromatic rings. The van der Waals surface area contributed by atoms with Crippen LogP contribution in [0.3, 0.4) is 0 Å². The number of nitrogens with zero attached hydrogens (tertiary/aromatic N) is 1. The second-order valence-electron chi connectivity index (χ2n) is 7.52. The fraction of sp³-hybridized carbons (Fsp3) is 0.500. The van der Waals surface area contributed by atoms with Gasteiger partial charge in [0, 0.05) is 12.1 Å². The largest absolute Gasteiger partial charge is 0.297 e. The predicted octanol–water partition coefficient (Wildman–Crippen LogP) is 5.89. The Balaban J connectivity index is 1.58. The monoisotopic (exact) mass is 335 g/mol. The van der Waals surface area contributed by atoms with Crippen molar-refractivity contribution in [3.63, 3.8) is 0 Å². The smallest absolute Gasteiger partial charge is 0.0101 e. The summed E-state index contributed by atoms with van der Waals surface area (Å²) < 4.78 is 0. The number of aryl methyl sites for hydroxylation is 2. The molecule has 3 rings (SSSR count). The van der Waals surface area contributed by atoms with Crippen molar-refractivity contribution in [3.8, 4) is 0 Å². The lowest BCUT2D eigenvalue weighted by molar-refractivity contribution is 0.0725. The highest BCUT2D eigenvalue weighted by atomic mass is 15.2. The summed E-state index contributed by atoms with van der Waals surface area (Å²) in [5, 5.41) is 0. The molecule has 0 bridgehead atoms. The molecule has 2 aromatic carbocycles. The summed E-state index contributed by atoms with van der Waals surface area (Å²) in [6.45, 7) is 3.59. The van der Waals surface area contributed by atoms with Crippen LogP contribution < -0.4 is 0 Å². The van der Waals surface area contributed by atoms with E-state index in [9.17, 15) is 0 Å². The molecule has 1 aliphatic heterocycles. The second-order valence-corrected chi connectivity index (χ2v) is 7.52. The van der Waals surface area contributed by atoms with E-state index in [1.165, 1.54) is 69.0 Å². The maximum absolute atomic E-state index is 2.86. The Bertz CT molecular complexity index is 541. The topological polar surface area (TPSA) is 3.24 Å². The molecule has 0 aliphatic carbocycles. The van der Waals surface area contributed by atoms with Crippen molar-refractivity contribution < 1.29 is 0 Å². The summed E-state index contributed by atoms with van der Waals surface area (Å²) in [7, 11) is 0. The van der Waals surface area contributed by atoms with Crippen molar-refractivity contribution in [1.29, 1.82) is 0 Å². The molecule has 0 N–H and O–H groups in total. The Hall–Kier alpha value is -1.60. The number of rotatable bonds is 8. The van der Waals surface area contributed by atoms with Crippen molar-refractivity contribution >= 4 is 0 Å². The lowest BCUT2D eigenvalue weighted by Gasteiger charge is -2.42. The average molecular weight is 336 g/mol. The van der Waals surface area contributed by atoms with Gasteiger partial charge in [0.05, 0.1) is 0 Å². The molecule has 2 atom stereocenters. The third-order valence-electron chi connectivity index (χ3n) is 5.71. The third-order valence-corrected chi connectivity index (χ3v) is 5.71. The molecule has 0 unspecified atom stereocenters. The summed E-state index contributed by atoms with van der Waals surface area (Å²) in [5.41, 5.74) is 2.98. The Morgan fingerprint density at radius 3 is 1.68 bits per heavy atom. The van der Waals surface area contributed by atoms with Crippen LogP contribution in [0.15, 0.2) is 60.7 Å². The van der Waals surface area contributed by atoms with E-state index in [2.05, 4.69) is 72.5 Å². The van der Waals surface area contributed by atoms with Gasteiger partial charge in [-0.1, -0.05) is 74.0 Å². The molecule has 1 aliphatic rings. The van der Waals surface area contributed by atoms with Crippen LogP contribution >= 0.6 is 0 Å². The summed E-state index contributed by atoms with van der Waals surface area (Å²) in [4.78, 5) is 2.86. The van der Waals surface area contributed by atoms with E-state index in [-0.39, 0.29) is 0 Å². The van der Waals surface area contributed by atoms with Crippen LogP contribution in [-0.2, 0) is 12.8 Å². The molecule has 1 saturated heterocycles. The minimum absolute atomic E-state index is 0.773. The van der Waals surface area contributed by atoms with Gasteiger partial charge < -0.3 is 0 Å². The van der Waals surface area contributed by atoms with Crippen LogP contribution in [0.2, 0.25) is 0 Å². The summed E-state index contributed by atoms with van der Waals surface area (Å²) in [6.07, 6.45) is 10.5. The van der Waals surface area contributed by atoms with E-state index in [0.717, 1.165) is 12.1 Å². The Morgan fingerprint density at radius 2 is 1.24 bits per heavy atom. The molecule has 134 valence electrons.